The summed E-state index contributed by atoms with van der Waals surface area (Å²) in [6.45, 7) is 4.95. The standard InChI is InChI=1S/C23H32O7/c1-11-7-12(2)23-15(13(9-27-3)21(26)29-8-11)5-6-22(23)17-16(23)18(24)14(10-28-4)19(25)20(17)30-22/h5-7,11,13-20,24-25H,8-10H2,1-4H3/b12-7+/t11-,13-,14-,15-,16+,17-,18-,19-,20-,22?,23+/m1/s1. The highest BCUT2D eigenvalue weighted by molar-refractivity contribution is 5.74. The molecule has 3 fully saturated rings. The number of aliphatic hydroxyl groups is 2. The summed E-state index contributed by atoms with van der Waals surface area (Å²) in [6.07, 6.45) is 4.47. The molecule has 1 saturated heterocycles. The summed E-state index contributed by atoms with van der Waals surface area (Å²) >= 11 is 0. The molecule has 0 aromatic carbocycles. The maximum absolute atomic E-state index is 13.0. The van der Waals surface area contributed by atoms with E-state index in [-0.39, 0.29) is 49.0 Å². The maximum Gasteiger partial charge on any atom is 0.311 e. The van der Waals surface area contributed by atoms with Crippen molar-refractivity contribution in [3.05, 3.63) is 23.8 Å². The van der Waals surface area contributed by atoms with Crippen molar-refractivity contribution in [2.24, 2.45) is 40.9 Å². The van der Waals surface area contributed by atoms with Crippen molar-refractivity contribution in [2.45, 2.75) is 37.8 Å². The third-order valence-corrected chi connectivity index (χ3v) is 8.52. The average molecular weight is 421 g/mol. The third kappa shape index (κ3) is 2.20. The number of carbonyl (C=O) groups is 1. The molecular formula is C23H32O7. The molecule has 0 amide bonds. The number of carbonyl (C=O) groups excluding carboxylic acids is 1. The van der Waals surface area contributed by atoms with Crippen LogP contribution in [0.5, 0.6) is 0 Å². The van der Waals surface area contributed by atoms with Gasteiger partial charge in [0.2, 0.25) is 0 Å². The Balaban J connectivity index is 1.65. The molecule has 7 nitrogen and oxygen atoms in total. The summed E-state index contributed by atoms with van der Waals surface area (Å²) in [5.74, 6) is -1.44. The minimum Gasteiger partial charge on any atom is -0.465 e. The second-order valence-electron chi connectivity index (χ2n) is 9.80. The van der Waals surface area contributed by atoms with Crippen LogP contribution in [0.1, 0.15) is 13.8 Å². The fourth-order valence-electron chi connectivity index (χ4n) is 7.59. The second-order valence-corrected chi connectivity index (χ2v) is 9.80. The van der Waals surface area contributed by atoms with E-state index < -0.39 is 35.1 Å². The molecule has 5 rings (SSSR count). The molecule has 2 saturated carbocycles. The number of cyclic esters (lactones) is 1. The van der Waals surface area contributed by atoms with Gasteiger partial charge in [0.25, 0.3) is 0 Å². The number of rotatable bonds is 4. The Labute approximate surface area is 177 Å². The molecule has 0 radical (unpaired) electrons. The second kappa shape index (κ2) is 6.87. The fraction of sp³-hybridized carbons (Fsp3) is 0.783. The Morgan fingerprint density at radius 3 is 2.60 bits per heavy atom. The van der Waals surface area contributed by atoms with Crippen molar-refractivity contribution >= 4 is 5.97 Å². The quantitative estimate of drug-likeness (QED) is 0.516. The SMILES string of the molecule is COC[C@H]1[C@@H](O)[C@@H]2OC34C=C[C@@H]5[C@@H](COC)C(=O)OC[C@H](C)/C=C(\C)[C@@]53[C@H]([C@@H]1O)[C@H]24. The topological polar surface area (TPSA) is 94.5 Å². The van der Waals surface area contributed by atoms with Crippen LogP contribution in [0, 0.1) is 40.9 Å². The van der Waals surface area contributed by atoms with Gasteiger partial charge in [-0.15, -0.1) is 0 Å². The van der Waals surface area contributed by atoms with Crippen LogP contribution in [0.4, 0.5) is 0 Å². The number of hydrogen-bond acceptors (Lipinski definition) is 7. The first-order valence-electron chi connectivity index (χ1n) is 10.9. The van der Waals surface area contributed by atoms with Crippen LogP contribution < -0.4 is 0 Å². The molecule has 2 N–H and O–H groups in total. The van der Waals surface area contributed by atoms with Crippen molar-refractivity contribution in [1.82, 2.24) is 0 Å². The van der Waals surface area contributed by atoms with Crippen LogP contribution >= 0.6 is 0 Å². The lowest BCUT2D eigenvalue weighted by Crippen LogP contribution is -2.89. The Kier molecular flexibility index (Phi) is 4.73. The average Bonchev–Trinajstić information content (AvgIpc) is 3.03. The minimum absolute atomic E-state index is 0.0236. The van der Waals surface area contributed by atoms with E-state index in [4.69, 9.17) is 18.9 Å². The van der Waals surface area contributed by atoms with Crippen LogP contribution in [0.15, 0.2) is 23.8 Å². The third-order valence-electron chi connectivity index (χ3n) is 8.52. The summed E-state index contributed by atoms with van der Waals surface area (Å²) in [7, 11) is 3.17. The normalized spacial score (nSPS) is 55.3. The first-order chi connectivity index (χ1) is 14.3. The largest absolute Gasteiger partial charge is 0.465 e. The van der Waals surface area contributed by atoms with Crippen molar-refractivity contribution < 1.29 is 34.0 Å². The highest BCUT2D eigenvalue weighted by Crippen LogP contribution is 2.81. The molecule has 30 heavy (non-hydrogen) atoms. The fourth-order valence-corrected chi connectivity index (χ4v) is 7.59. The molecule has 0 bridgehead atoms. The highest BCUT2D eigenvalue weighted by Gasteiger charge is 2.88. The number of allylic oxidation sites excluding steroid dienone is 1. The Bertz CT molecular complexity index is 792. The van der Waals surface area contributed by atoms with Crippen molar-refractivity contribution in [3.8, 4) is 0 Å². The van der Waals surface area contributed by atoms with E-state index in [1.165, 1.54) is 0 Å². The van der Waals surface area contributed by atoms with Gasteiger partial charge in [0.15, 0.2) is 0 Å². The number of esters is 1. The number of hydrogen-bond donors (Lipinski definition) is 2. The number of ether oxygens (including phenoxy) is 4. The number of aliphatic hydroxyl groups excluding tert-OH is 2. The molecule has 7 heteroatoms. The van der Waals surface area contributed by atoms with E-state index in [0.717, 1.165) is 5.57 Å². The van der Waals surface area contributed by atoms with Gasteiger partial charge in [-0.3, -0.25) is 4.79 Å². The van der Waals surface area contributed by atoms with Gasteiger partial charge in [-0.2, -0.15) is 0 Å². The number of methoxy groups -OCH3 is 2. The molecule has 2 spiro atoms. The summed E-state index contributed by atoms with van der Waals surface area (Å²) < 4.78 is 22.9. The van der Waals surface area contributed by atoms with E-state index >= 15 is 0 Å². The first-order valence-corrected chi connectivity index (χ1v) is 10.9. The lowest BCUT2D eigenvalue weighted by atomic mass is 9.32. The lowest BCUT2D eigenvalue weighted by Gasteiger charge is -2.80. The van der Waals surface area contributed by atoms with Crippen LogP contribution in [0.2, 0.25) is 0 Å². The molecule has 11 atom stereocenters. The van der Waals surface area contributed by atoms with Crippen molar-refractivity contribution in [1.29, 1.82) is 0 Å². The Morgan fingerprint density at radius 1 is 1.17 bits per heavy atom. The predicted molar refractivity (Wildman–Crippen MR) is 106 cm³/mol. The molecule has 1 unspecified atom stereocenters. The lowest BCUT2D eigenvalue weighted by molar-refractivity contribution is -0.440. The minimum atomic E-state index is -0.768. The molecule has 166 valence electrons. The van der Waals surface area contributed by atoms with Gasteiger partial charge in [-0.1, -0.05) is 30.7 Å². The molecule has 2 aliphatic heterocycles. The monoisotopic (exact) mass is 420 g/mol. The zero-order valence-corrected chi connectivity index (χ0v) is 18.0. The molecular weight excluding hydrogens is 388 g/mol. The predicted octanol–water partition coefficient (Wildman–Crippen LogP) is 0.942. The first kappa shape index (κ1) is 20.6. The summed E-state index contributed by atoms with van der Waals surface area (Å²) in [4.78, 5) is 13.0. The van der Waals surface area contributed by atoms with Gasteiger partial charge in [-0.25, -0.2) is 0 Å². The molecule has 5 aliphatic rings. The van der Waals surface area contributed by atoms with Crippen molar-refractivity contribution in [3.63, 3.8) is 0 Å². The summed E-state index contributed by atoms with van der Waals surface area (Å²) in [6, 6.07) is 0. The van der Waals surface area contributed by atoms with E-state index in [1.807, 2.05) is 6.92 Å². The smallest absolute Gasteiger partial charge is 0.311 e. The molecule has 0 aromatic heterocycles. The van der Waals surface area contributed by atoms with Gasteiger partial charge in [0, 0.05) is 49.2 Å². The van der Waals surface area contributed by atoms with E-state index in [9.17, 15) is 15.0 Å². The van der Waals surface area contributed by atoms with Gasteiger partial charge in [0.05, 0.1) is 44.1 Å². The van der Waals surface area contributed by atoms with E-state index in [2.05, 4.69) is 25.2 Å². The van der Waals surface area contributed by atoms with Gasteiger partial charge in [0.1, 0.15) is 5.60 Å². The van der Waals surface area contributed by atoms with Gasteiger partial charge in [-0.05, 0) is 6.92 Å². The zero-order chi connectivity index (χ0) is 21.4. The van der Waals surface area contributed by atoms with Crippen LogP contribution in [0.25, 0.3) is 0 Å². The van der Waals surface area contributed by atoms with Gasteiger partial charge < -0.3 is 29.2 Å². The zero-order valence-electron chi connectivity index (χ0n) is 18.0. The van der Waals surface area contributed by atoms with Gasteiger partial charge >= 0.3 is 5.97 Å². The molecule has 2 heterocycles. The van der Waals surface area contributed by atoms with Crippen LogP contribution in [-0.4, -0.2) is 74.1 Å². The van der Waals surface area contributed by atoms with Crippen LogP contribution in [0.3, 0.4) is 0 Å². The maximum atomic E-state index is 13.0. The Hall–Kier alpha value is -1.25. The van der Waals surface area contributed by atoms with Crippen LogP contribution in [-0.2, 0) is 23.7 Å². The van der Waals surface area contributed by atoms with E-state index in [0.29, 0.717) is 6.61 Å². The molecule has 0 aromatic rings. The van der Waals surface area contributed by atoms with E-state index in [1.54, 1.807) is 14.2 Å². The Morgan fingerprint density at radius 2 is 1.90 bits per heavy atom. The highest BCUT2D eigenvalue weighted by atomic mass is 16.6. The molecule has 3 aliphatic carbocycles. The summed E-state index contributed by atoms with van der Waals surface area (Å²) in [5.41, 5.74) is -0.0273. The summed E-state index contributed by atoms with van der Waals surface area (Å²) in [5, 5.41) is 22.3. The van der Waals surface area contributed by atoms with Crippen molar-refractivity contribution in [2.75, 3.05) is 34.0 Å².